The monoisotopic (exact) mass is 322 g/mol. The second kappa shape index (κ2) is 6.29. The quantitative estimate of drug-likeness (QED) is 0.740. The third-order valence-electron chi connectivity index (χ3n) is 3.08. The normalized spacial score (nSPS) is 11.5. The minimum atomic E-state index is -3.60. The summed E-state index contributed by atoms with van der Waals surface area (Å²) >= 11 is 0. The number of nitrogens with two attached hydrogens (primary N) is 1. The molecule has 0 amide bonds. The zero-order chi connectivity index (χ0) is 16.3. The van der Waals surface area contributed by atoms with Crippen LogP contribution in [0.2, 0.25) is 0 Å². The van der Waals surface area contributed by atoms with E-state index in [1.807, 2.05) is 13.0 Å². The topological polar surface area (TPSA) is 118 Å². The summed E-state index contributed by atoms with van der Waals surface area (Å²) in [6, 6.07) is 6.31. The Morgan fingerprint density at radius 1 is 1.27 bits per heavy atom. The number of hydrogen-bond acceptors (Lipinski definition) is 5. The van der Waals surface area contributed by atoms with Gasteiger partial charge in [0.05, 0.1) is 4.90 Å². The first-order chi connectivity index (χ1) is 10.3. The molecule has 0 spiro atoms. The third-order valence-corrected chi connectivity index (χ3v) is 4.71. The highest BCUT2D eigenvalue weighted by atomic mass is 32.2. The van der Waals surface area contributed by atoms with Gasteiger partial charge in [0.15, 0.2) is 0 Å². The maximum Gasteiger partial charge on any atom is 0.252 e. The van der Waals surface area contributed by atoms with E-state index < -0.39 is 10.0 Å². The van der Waals surface area contributed by atoms with Gasteiger partial charge in [0.2, 0.25) is 10.0 Å². The van der Waals surface area contributed by atoms with E-state index in [4.69, 9.17) is 5.73 Å². The van der Waals surface area contributed by atoms with Crippen LogP contribution in [0.15, 0.2) is 34.0 Å². The van der Waals surface area contributed by atoms with Gasteiger partial charge in [-0.15, -0.1) is 0 Å². The number of rotatable bonds is 5. The fraction of sp³-hybridized carbons (Fsp3) is 0.286. The van der Waals surface area contributed by atoms with E-state index in [9.17, 15) is 13.2 Å². The molecular weight excluding hydrogens is 304 g/mol. The summed E-state index contributed by atoms with van der Waals surface area (Å²) in [5.41, 5.74) is 6.79. The summed E-state index contributed by atoms with van der Waals surface area (Å²) in [6.45, 7) is 3.76. The van der Waals surface area contributed by atoms with Crippen molar-refractivity contribution in [3.8, 4) is 0 Å². The maximum atomic E-state index is 12.3. The second-order valence-corrected chi connectivity index (χ2v) is 6.77. The summed E-state index contributed by atoms with van der Waals surface area (Å²) in [6.07, 6.45) is 0.240. The lowest BCUT2D eigenvalue weighted by Crippen LogP contribution is -2.27. The predicted molar refractivity (Wildman–Crippen MR) is 84.1 cm³/mol. The number of H-pyrrole nitrogens is 1. The molecule has 0 fully saturated rings. The van der Waals surface area contributed by atoms with Gasteiger partial charge in [-0.1, -0.05) is 17.7 Å². The average Bonchev–Trinajstić information content (AvgIpc) is 2.36. The standard InChI is InChI=1S/C14H18N4O3S/c1-9-3-4-11(10(2)7-9)22(20,21)16-6-5-13-17-12(15)8-14(19)18-13/h3-4,7-8,16H,5-6H2,1-2H3,(H3,15,17,18,19). The molecule has 1 aromatic carbocycles. The van der Waals surface area contributed by atoms with Crippen molar-refractivity contribution in [1.29, 1.82) is 0 Å². The highest BCUT2D eigenvalue weighted by Gasteiger charge is 2.16. The molecular formula is C14H18N4O3S. The van der Waals surface area contributed by atoms with Gasteiger partial charge in [0, 0.05) is 19.0 Å². The van der Waals surface area contributed by atoms with Crippen molar-refractivity contribution in [3.05, 3.63) is 51.6 Å². The van der Waals surface area contributed by atoms with E-state index in [1.165, 1.54) is 6.07 Å². The first-order valence-corrected chi connectivity index (χ1v) is 8.19. The molecule has 2 rings (SSSR count). The van der Waals surface area contributed by atoms with Gasteiger partial charge in [0.25, 0.3) is 5.56 Å². The molecule has 0 atom stereocenters. The van der Waals surface area contributed by atoms with Crippen LogP contribution in [-0.2, 0) is 16.4 Å². The lowest BCUT2D eigenvalue weighted by molar-refractivity contribution is 0.580. The minimum absolute atomic E-state index is 0.107. The Hall–Kier alpha value is -2.19. The molecule has 0 saturated heterocycles. The lowest BCUT2D eigenvalue weighted by Gasteiger charge is -2.09. The summed E-state index contributed by atoms with van der Waals surface area (Å²) in [4.78, 5) is 18.0. The highest BCUT2D eigenvalue weighted by molar-refractivity contribution is 7.89. The smallest absolute Gasteiger partial charge is 0.252 e. The van der Waals surface area contributed by atoms with E-state index in [0.717, 1.165) is 5.56 Å². The van der Waals surface area contributed by atoms with E-state index in [1.54, 1.807) is 19.1 Å². The molecule has 0 aliphatic carbocycles. The zero-order valence-electron chi connectivity index (χ0n) is 12.4. The zero-order valence-corrected chi connectivity index (χ0v) is 13.2. The number of nitrogen functional groups attached to an aromatic ring is 1. The van der Waals surface area contributed by atoms with Crippen LogP contribution < -0.4 is 16.0 Å². The van der Waals surface area contributed by atoms with Gasteiger partial charge in [0.1, 0.15) is 11.6 Å². The number of aromatic nitrogens is 2. The van der Waals surface area contributed by atoms with Crippen molar-refractivity contribution in [1.82, 2.24) is 14.7 Å². The van der Waals surface area contributed by atoms with E-state index >= 15 is 0 Å². The van der Waals surface area contributed by atoms with Crippen molar-refractivity contribution in [2.45, 2.75) is 25.2 Å². The minimum Gasteiger partial charge on any atom is -0.383 e. The molecule has 8 heteroatoms. The molecule has 1 aromatic heterocycles. The number of aryl methyl sites for hydroxylation is 2. The number of benzene rings is 1. The number of aromatic amines is 1. The Labute approximate surface area is 128 Å². The number of sulfonamides is 1. The number of anilines is 1. The van der Waals surface area contributed by atoms with E-state index in [2.05, 4.69) is 14.7 Å². The van der Waals surface area contributed by atoms with Gasteiger partial charge in [-0.3, -0.25) is 4.79 Å². The molecule has 7 nitrogen and oxygen atoms in total. The predicted octanol–water partition coefficient (Wildman–Crippen LogP) is 0.490. The van der Waals surface area contributed by atoms with Gasteiger partial charge >= 0.3 is 0 Å². The highest BCUT2D eigenvalue weighted by Crippen LogP contribution is 2.16. The average molecular weight is 322 g/mol. The Morgan fingerprint density at radius 2 is 2.00 bits per heavy atom. The Balaban J connectivity index is 2.08. The Morgan fingerprint density at radius 3 is 2.64 bits per heavy atom. The fourth-order valence-corrected chi connectivity index (χ4v) is 3.39. The summed E-state index contributed by atoms with van der Waals surface area (Å²) in [5.74, 6) is 0.448. The van der Waals surface area contributed by atoms with Crippen LogP contribution in [0.1, 0.15) is 17.0 Å². The second-order valence-electron chi connectivity index (χ2n) is 5.03. The third kappa shape index (κ3) is 3.92. The summed E-state index contributed by atoms with van der Waals surface area (Å²) in [5, 5.41) is 0. The Bertz CT molecular complexity index is 843. The Kier molecular flexibility index (Phi) is 4.62. The number of hydrogen-bond donors (Lipinski definition) is 3. The van der Waals surface area contributed by atoms with Gasteiger partial charge in [-0.2, -0.15) is 0 Å². The van der Waals surface area contributed by atoms with Crippen molar-refractivity contribution < 1.29 is 8.42 Å². The molecule has 0 unspecified atom stereocenters. The van der Waals surface area contributed by atoms with Gasteiger partial charge in [-0.05, 0) is 25.5 Å². The largest absolute Gasteiger partial charge is 0.383 e. The number of nitrogens with zero attached hydrogens (tertiary/aromatic N) is 1. The van der Waals surface area contributed by atoms with Crippen molar-refractivity contribution in [2.75, 3.05) is 12.3 Å². The molecule has 0 aliphatic heterocycles. The SMILES string of the molecule is Cc1ccc(S(=O)(=O)NCCc2nc(N)cc(=O)[nH]2)c(C)c1. The molecule has 0 radical (unpaired) electrons. The molecule has 118 valence electrons. The van der Waals surface area contributed by atoms with Crippen molar-refractivity contribution >= 4 is 15.8 Å². The van der Waals surface area contributed by atoms with E-state index in [-0.39, 0.29) is 29.2 Å². The van der Waals surface area contributed by atoms with Crippen LogP contribution in [0.4, 0.5) is 5.82 Å². The molecule has 22 heavy (non-hydrogen) atoms. The number of nitrogens with one attached hydrogen (secondary N) is 2. The first-order valence-electron chi connectivity index (χ1n) is 6.70. The molecule has 4 N–H and O–H groups in total. The first kappa shape index (κ1) is 16.2. The van der Waals surface area contributed by atoms with Gasteiger partial charge < -0.3 is 10.7 Å². The van der Waals surface area contributed by atoms with Gasteiger partial charge in [-0.25, -0.2) is 18.1 Å². The molecule has 0 bridgehead atoms. The van der Waals surface area contributed by atoms with Crippen LogP contribution in [0, 0.1) is 13.8 Å². The molecule has 0 saturated carbocycles. The fourth-order valence-electron chi connectivity index (χ4n) is 2.13. The van der Waals surface area contributed by atoms with Crippen molar-refractivity contribution in [2.24, 2.45) is 0 Å². The van der Waals surface area contributed by atoms with E-state index in [0.29, 0.717) is 11.4 Å². The maximum absolute atomic E-state index is 12.3. The van der Waals surface area contributed by atoms with Crippen LogP contribution in [0.25, 0.3) is 0 Å². The van der Waals surface area contributed by atoms with Crippen LogP contribution in [-0.4, -0.2) is 24.9 Å². The molecule has 2 aromatic rings. The van der Waals surface area contributed by atoms with Crippen LogP contribution in [0.5, 0.6) is 0 Å². The lowest BCUT2D eigenvalue weighted by atomic mass is 10.2. The molecule has 1 heterocycles. The molecule has 0 aliphatic rings. The van der Waals surface area contributed by atoms with Crippen LogP contribution in [0.3, 0.4) is 0 Å². The summed E-state index contributed by atoms with van der Waals surface area (Å²) < 4.78 is 27.0. The van der Waals surface area contributed by atoms with Crippen LogP contribution >= 0.6 is 0 Å². The summed E-state index contributed by atoms with van der Waals surface area (Å²) in [7, 11) is -3.60. The van der Waals surface area contributed by atoms with Crippen molar-refractivity contribution in [3.63, 3.8) is 0 Å².